The summed E-state index contributed by atoms with van der Waals surface area (Å²) < 4.78 is 13.5. The Hall–Kier alpha value is -1.27. The van der Waals surface area contributed by atoms with Gasteiger partial charge in [-0.15, -0.1) is 0 Å². The zero-order valence-electron chi connectivity index (χ0n) is 11.7. The van der Waals surface area contributed by atoms with Crippen LogP contribution in [0.3, 0.4) is 0 Å². The zero-order chi connectivity index (χ0) is 15.4. The van der Waals surface area contributed by atoms with Gasteiger partial charge in [0.15, 0.2) is 5.84 Å². The highest BCUT2D eigenvalue weighted by atomic mass is 79.9. The van der Waals surface area contributed by atoms with Crippen LogP contribution in [0.25, 0.3) is 0 Å². The lowest BCUT2D eigenvalue weighted by molar-refractivity contribution is -0.117. The van der Waals surface area contributed by atoms with Crippen molar-refractivity contribution in [1.29, 1.82) is 5.41 Å². The molecule has 1 aliphatic carbocycles. The third-order valence-electron chi connectivity index (χ3n) is 3.99. The molecule has 2 rings (SSSR count). The van der Waals surface area contributed by atoms with Crippen LogP contribution in [0, 0.1) is 23.1 Å². The second kappa shape index (κ2) is 7.13. The molecular weight excluding hydrogens is 337 g/mol. The number of Topliss-reactive ketones (excluding diaryl/α,β-unsaturated/α-hetero) is 1. The van der Waals surface area contributed by atoms with E-state index in [2.05, 4.69) is 21.2 Å². The topological polar surface area (TPSA) is 79.0 Å². The third-order valence-corrected chi connectivity index (χ3v) is 4.59. The van der Waals surface area contributed by atoms with E-state index < -0.39 is 0 Å². The molecule has 0 aromatic heterocycles. The van der Waals surface area contributed by atoms with Gasteiger partial charge in [-0.05, 0) is 72.3 Å². The third kappa shape index (κ3) is 4.11. The molecule has 0 heterocycles. The summed E-state index contributed by atoms with van der Waals surface area (Å²) in [5.41, 5.74) is 6.16. The van der Waals surface area contributed by atoms with E-state index in [9.17, 15) is 9.18 Å². The Morgan fingerprint density at radius 2 is 2.05 bits per heavy atom. The zero-order valence-corrected chi connectivity index (χ0v) is 13.2. The molecule has 1 saturated carbocycles. The SMILES string of the molecule is N=C(Nc1ccc(F)c(Br)c1)C(=O)[C@H]1CC[C@H](CN)CC1. The molecule has 1 fully saturated rings. The van der Waals surface area contributed by atoms with E-state index in [1.807, 2.05) is 0 Å². The summed E-state index contributed by atoms with van der Waals surface area (Å²) >= 11 is 3.08. The van der Waals surface area contributed by atoms with Crippen LogP contribution in [0.2, 0.25) is 0 Å². The van der Waals surface area contributed by atoms with Crippen LogP contribution < -0.4 is 11.1 Å². The average Bonchev–Trinajstić information content (AvgIpc) is 2.50. The van der Waals surface area contributed by atoms with Crippen LogP contribution in [0.4, 0.5) is 10.1 Å². The molecule has 0 aliphatic heterocycles. The van der Waals surface area contributed by atoms with Crippen molar-refractivity contribution in [2.45, 2.75) is 25.7 Å². The van der Waals surface area contributed by atoms with Crippen LogP contribution in [0.1, 0.15) is 25.7 Å². The van der Waals surface area contributed by atoms with Crippen LogP contribution in [0.15, 0.2) is 22.7 Å². The number of amidine groups is 1. The number of carbonyl (C=O) groups is 1. The van der Waals surface area contributed by atoms with Gasteiger partial charge in [0.1, 0.15) is 5.82 Å². The lowest BCUT2D eigenvalue weighted by Crippen LogP contribution is -2.32. The summed E-state index contributed by atoms with van der Waals surface area (Å²) in [6.45, 7) is 0.667. The summed E-state index contributed by atoms with van der Waals surface area (Å²) in [6.07, 6.45) is 3.47. The molecule has 0 spiro atoms. The monoisotopic (exact) mass is 355 g/mol. The fraction of sp³-hybridized carbons (Fsp3) is 0.467. The molecule has 0 radical (unpaired) electrons. The second-order valence-corrected chi connectivity index (χ2v) is 6.30. The van der Waals surface area contributed by atoms with E-state index in [0.29, 0.717) is 22.6 Å². The quantitative estimate of drug-likeness (QED) is 0.572. The van der Waals surface area contributed by atoms with Gasteiger partial charge in [-0.25, -0.2) is 4.39 Å². The number of hydrogen-bond acceptors (Lipinski definition) is 3. The first-order chi connectivity index (χ1) is 10.0. The Kier molecular flexibility index (Phi) is 5.47. The number of nitrogens with one attached hydrogen (secondary N) is 2. The molecular formula is C15H19BrFN3O. The largest absolute Gasteiger partial charge is 0.338 e. The van der Waals surface area contributed by atoms with E-state index in [4.69, 9.17) is 11.1 Å². The van der Waals surface area contributed by atoms with Gasteiger partial charge < -0.3 is 11.1 Å². The Bertz CT molecular complexity index is 542. The van der Waals surface area contributed by atoms with Crippen molar-refractivity contribution in [2.75, 3.05) is 11.9 Å². The first kappa shape index (κ1) is 16.1. The minimum Gasteiger partial charge on any atom is -0.338 e. The first-order valence-electron chi connectivity index (χ1n) is 7.06. The number of benzene rings is 1. The highest BCUT2D eigenvalue weighted by molar-refractivity contribution is 9.10. The smallest absolute Gasteiger partial charge is 0.200 e. The van der Waals surface area contributed by atoms with E-state index in [1.54, 1.807) is 0 Å². The number of ketones is 1. The molecule has 4 N–H and O–H groups in total. The molecule has 0 atom stereocenters. The van der Waals surface area contributed by atoms with E-state index in [1.165, 1.54) is 18.2 Å². The highest BCUT2D eigenvalue weighted by Gasteiger charge is 2.28. The van der Waals surface area contributed by atoms with Crippen LogP contribution in [0.5, 0.6) is 0 Å². The maximum absolute atomic E-state index is 13.2. The van der Waals surface area contributed by atoms with Crippen molar-refractivity contribution in [1.82, 2.24) is 0 Å². The number of anilines is 1. The molecule has 1 aromatic carbocycles. The van der Waals surface area contributed by atoms with Crippen LogP contribution in [-0.2, 0) is 4.79 Å². The molecule has 1 aliphatic rings. The summed E-state index contributed by atoms with van der Waals surface area (Å²) in [7, 11) is 0. The molecule has 0 bridgehead atoms. The number of halogens is 2. The second-order valence-electron chi connectivity index (χ2n) is 5.45. The highest BCUT2D eigenvalue weighted by Crippen LogP contribution is 2.29. The van der Waals surface area contributed by atoms with Gasteiger partial charge >= 0.3 is 0 Å². The van der Waals surface area contributed by atoms with Gasteiger partial charge in [0.2, 0.25) is 5.78 Å². The summed E-state index contributed by atoms with van der Waals surface area (Å²) in [4.78, 5) is 12.2. The molecule has 114 valence electrons. The molecule has 0 amide bonds. The summed E-state index contributed by atoms with van der Waals surface area (Å²) in [5.74, 6) is -0.282. The normalized spacial score (nSPS) is 21.9. The Balaban J connectivity index is 1.93. The van der Waals surface area contributed by atoms with Gasteiger partial charge in [0.05, 0.1) is 4.47 Å². The van der Waals surface area contributed by atoms with Gasteiger partial charge in [-0.1, -0.05) is 0 Å². The predicted octanol–water partition coefficient (Wildman–Crippen LogP) is 3.31. The Morgan fingerprint density at radius 3 is 2.62 bits per heavy atom. The fourth-order valence-electron chi connectivity index (χ4n) is 2.64. The average molecular weight is 356 g/mol. The summed E-state index contributed by atoms with van der Waals surface area (Å²) in [5, 5.41) is 10.6. The van der Waals surface area contributed by atoms with Gasteiger partial charge in [-0.2, -0.15) is 0 Å². The van der Waals surface area contributed by atoms with Gasteiger partial charge in [-0.3, -0.25) is 10.2 Å². The first-order valence-corrected chi connectivity index (χ1v) is 7.85. The summed E-state index contributed by atoms with van der Waals surface area (Å²) in [6, 6.07) is 4.31. The lowest BCUT2D eigenvalue weighted by atomic mass is 9.80. The molecule has 0 saturated heterocycles. The number of carbonyl (C=O) groups excluding carboxylic acids is 1. The number of rotatable bonds is 4. The van der Waals surface area contributed by atoms with Crippen molar-refractivity contribution in [3.8, 4) is 0 Å². The molecule has 0 unspecified atom stereocenters. The Morgan fingerprint density at radius 1 is 1.38 bits per heavy atom. The lowest BCUT2D eigenvalue weighted by Gasteiger charge is -2.26. The van der Waals surface area contributed by atoms with Crippen molar-refractivity contribution in [3.63, 3.8) is 0 Å². The van der Waals surface area contributed by atoms with E-state index in [-0.39, 0.29) is 23.4 Å². The molecule has 21 heavy (non-hydrogen) atoms. The minimum absolute atomic E-state index is 0.100. The molecule has 1 aromatic rings. The van der Waals surface area contributed by atoms with Crippen molar-refractivity contribution < 1.29 is 9.18 Å². The standard InChI is InChI=1S/C15H19BrFN3O/c16-12-7-11(5-6-13(12)17)20-15(19)14(21)10-3-1-9(8-18)2-4-10/h5-7,9-10H,1-4,8,18H2,(H2,19,20)/t9-,10-. The maximum Gasteiger partial charge on any atom is 0.200 e. The number of hydrogen-bond donors (Lipinski definition) is 3. The fourth-order valence-corrected chi connectivity index (χ4v) is 3.02. The van der Waals surface area contributed by atoms with E-state index in [0.717, 1.165) is 25.7 Å². The van der Waals surface area contributed by atoms with Crippen molar-refractivity contribution >= 4 is 33.2 Å². The molecule has 6 heteroatoms. The van der Waals surface area contributed by atoms with Gasteiger partial charge in [0.25, 0.3) is 0 Å². The van der Waals surface area contributed by atoms with Gasteiger partial charge in [0, 0.05) is 11.6 Å². The maximum atomic E-state index is 13.2. The van der Waals surface area contributed by atoms with E-state index >= 15 is 0 Å². The Labute approximate surface area is 131 Å². The minimum atomic E-state index is -0.376. The number of nitrogens with two attached hydrogens (primary N) is 1. The molecule has 4 nitrogen and oxygen atoms in total. The van der Waals surface area contributed by atoms with Crippen molar-refractivity contribution in [3.05, 3.63) is 28.5 Å². The van der Waals surface area contributed by atoms with Crippen molar-refractivity contribution in [2.24, 2.45) is 17.6 Å². The van der Waals surface area contributed by atoms with Crippen LogP contribution in [-0.4, -0.2) is 18.2 Å². The predicted molar refractivity (Wildman–Crippen MR) is 85.0 cm³/mol. The van der Waals surface area contributed by atoms with Crippen LogP contribution >= 0.6 is 15.9 Å².